The van der Waals surface area contributed by atoms with Crippen molar-refractivity contribution in [1.82, 2.24) is 14.3 Å². The Morgan fingerprint density at radius 3 is 2.69 bits per heavy atom. The standard InChI is InChI=1S/C27H28N4O2S2/c1-17-8-10-20(11-9-17)16-31-26(33)22(35-27(31)34)14-21-24(29-12-4-6-18(2)15-29)28-23-19(3)7-5-13-30(23)25(21)32/h5,7-11,13-14,18H,4,6,12,15-16H2,1-3H3/b22-14+. The van der Waals surface area contributed by atoms with Crippen LogP contribution in [0.4, 0.5) is 5.82 Å². The van der Waals surface area contributed by atoms with E-state index in [9.17, 15) is 9.59 Å². The molecule has 0 radical (unpaired) electrons. The number of thioether (sulfide) groups is 1. The summed E-state index contributed by atoms with van der Waals surface area (Å²) in [7, 11) is 0. The number of thiocarbonyl (C=S) groups is 1. The monoisotopic (exact) mass is 504 g/mol. The predicted molar refractivity (Wildman–Crippen MR) is 147 cm³/mol. The van der Waals surface area contributed by atoms with Crippen molar-refractivity contribution in [2.75, 3.05) is 18.0 Å². The van der Waals surface area contributed by atoms with E-state index in [-0.39, 0.29) is 11.5 Å². The zero-order valence-corrected chi connectivity index (χ0v) is 21.8. The molecule has 2 aliphatic rings. The molecule has 180 valence electrons. The molecular formula is C27H28N4O2S2. The first-order chi connectivity index (χ1) is 16.8. The molecule has 35 heavy (non-hydrogen) atoms. The van der Waals surface area contributed by atoms with Crippen LogP contribution in [0.5, 0.6) is 0 Å². The molecule has 2 saturated heterocycles. The van der Waals surface area contributed by atoms with Gasteiger partial charge < -0.3 is 4.90 Å². The Kier molecular flexibility index (Phi) is 6.51. The molecular weight excluding hydrogens is 476 g/mol. The molecule has 0 bridgehead atoms. The van der Waals surface area contributed by atoms with Gasteiger partial charge in [0.15, 0.2) is 0 Å². The number of hydrogen-bond acceptors (Lipinski definition) is 6. The largest absolute Gasteiger partial charge is 0.356 e. The quantitative estimate of drug-likeness (QED) is 0.370. The minimum Gasteiger partial charge on any atom is -0.356 e. The smallest absolute Gasteiger partial charge is 0.267 e. The zero-order valence-electron chi connectivity index (χ0n) is 20.2. The summed E-state index contributed by atoms with van der Waals surface area (Å²) < 4.78 is 2.07. The molecule has 1 atom stereocenters. The van der Waals surface area contributed by atoms with Crippen molar-refractivity contribution in [3.8, 4) is 0 Å². The molecule has 8 heteroatoms. The van der Waals surface area contributed by atoms with Crippen LogP contribution >= 0.6 is 24.0 Å². The number of pyridine rings is 1. The molecule has 1 amide bonds. The van der Waals surface area contributed by atoms with Gasteiger partial charge in [-0.25, -0.2) is 4.98 Å². The van der Waals surface area contributed by atoms with Gasteiger partial charge in [-0.3, -0.25) is 18.9 Å². The summed E-state index contributed by atoms with van der Waals surface area (Å²) in [6.07, 6.45) is 5.65. The van der Waals surface area contributed by atoms with Crippen molar-refractivity contribution in [3.05, 3.63) is 80.1 Å². The van der Waals surface area contributed by atoms with E-state index in [4.69, 9.17) is 17.2 Å². The summed E-state index contributed by atoms with van der Waals surface area (Å²) in [4.78, 5) is 36.3. The van der Waals surface area contributed by atoms with Crippen molar-refractivity contribution in [3.63, 3.8) is 0 Å². The van der Waals surface area contributed by atoms with Crippen LogP contribution in [0.15, 0.2) is 52.3 Å². The lowest BCUT2D eigenvalue weighted by Crippen LogP contribution is -2.37. The second-order valence-electron chi connectivity index (χ2n) is 9.49. The maximum absolute atomic E-state index is 13.7. The second-order valence-corrected chi connectivity index (χ2v) is 11.2. The molecule has 0 aliphatic carbocycles. The normalized spacial score (nSPS) is 19.9. The lowest BCUT2D eigenvalue weighted by atomic mass is 10.00. The van der Waals surface area contributed by atoms with Crippen molar-refractivity contribution < 1.29 is 4.79 Å². The second kappa shape index (κ2) is 9.59. The third-order valence-corrected chi connectivity index (χ3v) is 8.01. The van der Waals surface area contributed by atoms with Gasteiger partial charge in [0.1, 0.15) is 15.8 Å². The number of aryl methyl sites for hydroxylation is 2. The van der Waals surface area contributed by atoms with Gasteiger partial charge in [-0.15, -0.1) is 0 Å². The summed E-state index contributed by atoms with van der Waals surface area (Å²) in [6.45, 7) is 8.30. The fraction of sp³-hybridized carbons (Fsp3) is 0.333. The number of anilines is 1. The van der Waals surface area contributed by atoms with Gasteiger partial charge in [0.2, 0.25) is 0 Å². The summed E-state index contributed by atoms with van der Waals surface area (Å²) in [5.74, 6) is 0.994. The van der Waals surface area contributed by atoms with Crippen LogP contribution in [-0.2, 0) is 11.3 Å². The summed E-state index contributed by atoms with van der Waals surface area (Å²) in [5, 5.41) is 0. The number of nitrogens with zero attached hydrogens (tertiary/aromatic N) is 4. The molecule has 5 rings (SSSR count). The van der Waals surface area contributed by atoms with Gasteiger partial charge in [0.25, 0.3) is 11.5 Å². The minimum absolute atomic E-state index is 0.171. The molecule has 0 N–H and O–H groups in total. The third-order valence-electron chi connectivity index (χ3n) is 6.63. The van der Waals surface area contributed by atoms with E-state index in [2.05, 4.69) is 11.8 Å². The van der Waals surface area contributed by atoms with E-state index < -0.39 is 0 Å². The van der Waals surface area contributed by atoms with Gasteiger partial charge in [0.05, 0.1) is 17.0 Å². The lowest BCUT2D eigenvalue weighted by molar-refractivity contribution is -0.122. The number of benzene rings is 1. The predicted octanol–water partition coefficient (Wildman–Crippen LogP) is 4.95. The highest BCUT2D eigenvalue weighted by atomic mass is 32.2. The van der Waals surface area contributed by atoms with E-state index in [1.54, 1.807) is 21.6 Å². The highest BCUT2D eigenvalue weighted by Gasteiger charge is 2.33. The fourth-order valence-corrected chi connectivity index (χ4v) is 5.93. The van der Waals surface area contributed by atoms with Crippen molar-refractivity contribution in [2.45, 2.75) is 40.2 Å². The summed E-state index contributed by atoms with van der Waals surface area (Å²) in [5.41, 5.74) is 4.03. The fourth-order valence-electron chi connectivity index (χ4n) is 4.69. The van der Waals surface area contributed by atoms with Crippen LogP contribution in [0.3, 0.4) is 0 Å². The topological polar surface area (TPSA) is 57.9 Å². The highest BCUT2D eigenvalue weighted by molar-refractivity contribution is 8.26. The molecule has 2 aliphatic heterocycles. The van der Waals surface area contributed by atoms with Crippen LogP contribution in [0.1, 0.15) is 42.0 Å². The van der Waals surface area contributed by atoms with Crippen LogP contribution in [-0.4, -0.2) is 37.6 Å². The Hall–Kier alpha value is -2.97. The highest BCUT2D eigenvalue weighted by Crippen LogP contribution is 2.35. The average Bonchev–Trinajstić information content (AvgIpc) is 3.10. The maximum atomic E-state index is 13.7. The van der Waals surface area contributed by atoms with E-state index >= 15 is 0 Å². The molecule has 1 unspecified atom stereocenters. The number of amides is 1. The number of carbonyl (C=O) groups is 1. The van der Waals surface area contributed by atoms with Crippen LogP contribution < -0.4 is 10.5 Å². The van der Waals surface area contributed by atoms with Gasteiger partial charge in [-0.05, 0) is 55.9 Å². The first kappa shape index (κ1) is 23.8. The number of hydrogen-bond donors (Lipinski definition) is 0. The van der Waals surface area contributed by atoms with Gasteiger partial charge in [0, 0.05) is 19.3 Å². The summed E-state index contributed by atoms with van der Waals surface area (Å²) in [6, 6.07) is 11.9. The Morgan fingerprint density at radius 2 is 1.94 bits per heavy atom. The molecule has 2 aromatic heterocycles. The van der Waals surface area contributed by atoms with E-state index in [0.717, 1.165) is 42.6 Å². The minimum atomic E-state index is -0.174. The molecule has 2 fully saturated rings. The molecule has 4 heterocycles. The average molecular weight is 505 g/mol. The van der Waals surface area contributed by atoms with E-state index in [1.807, 2.05) is 50.2 Å². The number of fused-ring (bicyclic) bond motifs is 1. The maximum Gasteiger partial charge on any atom is 0.267 e. The SMILES string of the molecule is Cc1ccc(CN2C(=O)/C(=C\c3c(N4CCCC(C)C4)nc4c(C)cccn4c3=O)SC2=S)cc1. The van der Waals surface area contributed by atoms with Crippen LogP contribution in [0.2, 0.25) is 0 Å². The van der Waals surface area contributed by atoms with Gasteiger partial charge >= 0.3 is 0 Å². The number of aromatic nitrogens is 2. The molecule has 1 aromatic carbocycles. The first-order valence-electron chi connectivity index (χ1n) is 11.9. The molecule has 0 spiro atoms. The van der Waals surface area contributed by atoms with Crippen LogP contribution in [0.25, 0.3) is 11.7 Å². The van der Waals surface area contributed by atoms with Crippen molar-refractivity contribution >= 4 is 51.7 Å². The zero-order chi connectivity index (χ0) is 24.7. The van der Waals surface area contributed by atoms with Gasteiger partial charge in [-0.2, -0.15) is 0 Å². The summed E-state index contributed by atoms with van der Waals surface area (Å²) >= 11 is 6.80. The van der Waals surface area contributed by atoms with Crippen molar-refractivity contribution in [2.24, 2.45) is 5.92 Å². The Balaban J connectivity index is 1.57. The lowest BCUT2D eigenvalue weighted by Gasteiger charge is -2.32. The molecule has 0 saturated carbocycles. The molecule has 3 aromatic rings. The van der Waals surface area contributed by atoms with Crippen molar-refractivity contribution in [1.29, 1.82) is 0 Å². The number of carbonyl (C=O) groups excluding carboxylic acids is 1. The Bertz CT molecular complexity index is 1410. The Morgan fingerprint density at radius 1 is 1.17 bits per heavy atom. The third kappa shape index (κ3) is 4.65. The Labute approximate surface area is 214 Å². The number of rotatable bonds is 4. The van der Waals surface area contributed by atoms with E-state index in [1.165, 1.54) is 11.8 Å². The van der Waals surface area contributed by atoms with Gasteiger partial charge in [-0.1, -0.05) is 66.8 Å². The first-order valence-corrected chi connectivity index (χ1v) is 13.1. The van der Waals surface area contributed by atoms with Crippen LogP contribution in [0, 0.1) is 19.8 Å². The molecule has 6 nitrogen and oxygen atoms in total. The number of piperidine rings is 1. The van der Waals surface area contributed by atoms with E-state index in [0.29, 0.717) is 38.7 Å².